The predicted octanol–water partition coefficient (Wildman–Crippen LogP) is 15.3. The summed E-state index contributed by atoms with van der Waals surface area (Å²) in [6.07, 6.45) is 0. The van der Waals surface area contributed by atoms with Crippen LogP contribution in [-0.4, -0.2) is 0 Å². The van der Waals surface area contributed by atoms with Gasteiger partial charge in [-0.3, -0.25) is 0 Å². The number of benzene rings is 9. The molecule has 56 heavy (non-hydrogen) atoms. The smallest absolute Gasteiger partial charge is 0.0467 e. The molecule has 1 aliphatic carbocycles. The van der Waals surface area contributed by atoms with Crippen LogP contribution in [0, 0.1) is 0 Å². The van der Waals surface area contributed by atoms with Crippen molar-refractivity contribution in [2.24, 2.45) is 0 Å². The van der Waals surface area contributed by atoms with E-state index in [9.17, 15) is 0 Å². The van der Waals surface area contributed by atoms with E-state index >= 15 is 0 Å². The second kappa shape index (κ2) is 13.7. The van der Waals surface area contributed by atoms with Gasteiger partial charge in [-0.2, -0.15) is 0 Å². The van der Waals surface area contributed by atoms with Gasteiger partial charge in [0.05, 0.1) is 0 Å². The van der Waals surface area contributed by atoms with E-state index in [2.05, 4.69) is 231 Å². The molecule has 0 N–H and O–H groups in total. The minimum atomic E-state index is -0.0844. The molecular formula is C55H41N. The van der Waals surface area contributed by atoms with Crippen LogP contribution >= 0.6 is 0 Å². The van der Waals surface area contributed by atoms with Crippen LogP contribution in [0.25, 0.3) is 66.4 Å². The molecule has 0 saturated heterocycles. The van der Waals surface area contributed by atoms with Crippen LogP contribution in [0.1, 0.15) is 25.0 Å². The van der Waals surface area contributed by atoms with E-state index in [-0.39, 0.29) is 5.41 Å². The number of nitrogens with zero attached hydrogens (tertiary/aromatic N) is 1. The largest absolute Gasteiger partial charge is 0.310 e. The zero-order valence-electron chi connectivity index (χ0n) is 31.7. The van der Waals surface area contributed by atoms with Crippen LogP contribution in [0.2, 0.25) is 0 Å². The molecule has 0 bridgehead atoms. The standard InChI is InChI=1S/C55H41N/c1-55(2)53-24-9-8-20-51(53)52-23-12-22-50(54(52)55)43-31-35-46(36-32-43)56(47-18-10-17-44(37-47)49-21-11-16-42-15-6-7-19-48(42)49)45-33-29-41(30-34-45)40-27-25-39(26-28-40)38-13-4-3-5-14-38/h3-37H,1-2H3. The Hall–Kier alpha value is -6.96. The molecule has 10 rings (SSSR count). The first-order chi connectivity index (χ1) is 27.5. The third kappa shape index (κ3) is 5.81. The lowest BCUT2D eigenvalue weighted by Crippen LogP contribution is -2.16. The molecule has 266 valence electrons. The summed E-state index contributed by atoms with van der Waals surface area (Å²) in [5, 5.41) is 2.50. The number of anilines is 3. The van der Waals surface area contributed by atoms with Crippen molar-refractivity contribution in [2.45, 2.75) is 19.3 Å². The van der Waals surface area contributed by atoms with Crippen LogP contribution in [0.3, 0.4) is 0 Å². The van der Waals surface area contributed by atoms with Crippen molar-refractivity contribution in [1.82, 2.24) is 0 Å². The van der Waals surface area contributed by atoms with Crippen LogP contribution in [0.5, 0.6) is 0 Å². The molecule has 9 aromatic rings. The topological polar surface area (TPSA) is 3.24 Å². The van der Waals surface area contributed by atoms with Gasteiger partial charge in [-0.05, 0) is 114 Å². The van der Waals surface area contributed by atoms with Gasteiger partial charge >= 0.3 is 0 Å². The predicted molar refractivity (Wildman–Crippen MR) is 238 cm³/mol. The van der Waals surface area contributed by atoms with Crippen LogP contribution in [0.4, 0.5) is 17.1 Å². The van der Waals surface area contributed by atoms with Gasteiger partial charge < -0.3 is 4.90 Å². The molecule has 0 heterocycles. The van der Waals surface area contributed by atoms with Gasteiger partial charge in [0.15, 0.2) is 0 Å². The Labute approximate surface area is 329 Å². The molecule has 0 saturated carbocycles. The zero-order valence-corrected chi connectivity index (χ0v) is 31.7. The second-order valence-corrected chi connectivity index (χ2v) is 15.3. The molecule has 0 unspecified atom stereocenters. The van der Waals surface area contributed by atoms with Gasteiger partial charge in [0, 0.05) is 22.5 Å². The molecule has 0 spiro atoms. The molecule has 1 aliphatic rings. The number of fused-ring (bicyclic) bond motifs is 4. The lowest BCUT2D eigenvalue weighted by molar-refractivity contribution is 0.662. The van der Waals surface area contributed by atoms with Crippen molar-refractivity contribution >= 4 is 27.8 Å². The van der Waals surface area contributed by atoms with Gasteiger partial charge in [0.2, 0.25) is 0 Å². The zero-order chi connectivity index (χ0) is 37.6. The van der Waals surface area contributed by atoms with Gasteiger partial charge in [0.1, 0.15) is 0 Å². The average molecular weight is 716 g/mol. The summed E-state index contributed by atoms with van der Waals surface area (Å²) in [7, 11) is 0. The lowest BCUT2D eigenvalue weighted by atomic mass is 9.79. The lowest BCUT2D eigenvalue weighted by Gasteiger charge is -2.27. The fourth-order valence-corrected chi connectivity index (χ4v) is 8.90. The number of rotatable bonds is 7. The highest BCUT2D eigenvalue weighted by Gasteiger charge is 2.37. The summed E-state index contributed by atoms with van der Waals surface area (Å²) in [5.74, 6) is 0. The van der Waals surface area contributed by atoms with E-state index in [1.54, 1.807) is 0 Å². The van der Waals surface area contributed by atoms with Crippen LogP contribution < -0.4 is 4.90 Å². The van der Waals surface area contributed by atoms with Gasteiger partial charge in [-0.1, -0.05) is 190 Å². The minimum absolute atomic E-state index is 0.0844. The number of hydrogen-bond donors (Lipinski definition) is 0. The monoisotopic (exact) mass is 715 g/mol. The highest BCUT2D eigenvalue weighted by Crippen LogP contribution is 2.52. The molecule has 0 amide bonds. The summed E-state index contributed by atoms with van der Waals surface area (Å²) in [4.78, 5) is 2.38. The quantitative estimate of drug-likeness (QED) is 0.159. The molecule has 0 aliphatic heterocycles. The number of hydrogen-bond acceptors (Lipinski definition) is 1. The maximum Gasteiger partial charge on any atom is 0.0467 e. The molecule has 0 atom stereocenters. The minimum Gasteiger partial charge on any atom is -0.310 e. The summed E-state index contributed by atoms with van der Waals surface area (Å²) < 4.78 is 0. The maximum atomic E-state index is 2.38. The molecule has 1 nitrogen and oxygen atoms in total. The van der Waals surface area contributed by atoms with Gasteiger partial charge in [0.25, 0.3) is 0 Å². The first-order valence-corrected chi connectivity index (χ1v) is 19.5. The van der Waals surface area contributed by atoms with Crippen molar-refractivity contribution in [3.05, 3.63) is 223 Å². The fourth-order valence-electron chi connectivity index (χ4n) is 8.90. The normalized spacial score (nSPS) is 12.6. The summed E-state index contributed by atoms with van der Waals surface area (Å²) in [5.41, 5.74) is 18.5. The fraction of sp³-hybridized carbons (Fsp3) is 0.0545. The average Bonchev–Trinajstić information content (AvgIpc) is 3.50. The first-order valence-electron chi connectivity index (χ1n) is 19.5. The highest BCUT2D eigenvalue weighted by atomic mass is 15.1. The maximum absolute atomic E-state index is 2.38. The van der Waals surface area contributed by atoms with Crippen molar-refractivity contribution < 1.29 is 0 Å². The van der Waals surface area contributed by atoms with Gasteiger partial charge in [-0.15, -0.1) is 0 Å². The third-order valence-electron chi connectivity index (χ3n) is 11.7. The Morgan fingerprint density at radius 3 is 1.54 bits per heavy atom. The van der Waals surface area contributed by atoms with E-state index in [0.717, 1.165) is 17.1 Å². The Balaban J connectivity index is 1.05. The van der Waals surface area contributed by atoms with E-state index in [0.29, 0.717) is 0 Å². The Morgan fingerprint density at radius 2 is 0.804 bits per heavy atom. The van der Waals surface area contributed by atoms with E-state index in [1.807, 2.05) is 0 Å². The second-order valence-electron chi connectivity index (χ2n) is 15.3. The third-order valence-corrected chi connectivity index (χ3v) is 11.7. The summed E-state index contributed by atoms with van der Waals surface area (Å²) in [6, 6.07) is 77.5. The van der Waals surface area contributed by atoms with Crippen molar-refractivity contribution in [3.63, 3.8) is 0 Å². The van der Waals surface area contributed by atoms with Crippen molar-refractivity contribution in [2.75, 3.05) is 4.90 Å². The molecule has 9 aromatic carbocycles. The molecule has 0 radical (unpaired) electrons. The van der Waals surface area contributed by atoms with Crippen molar-refractivity contribution in [3.8, 4) is 55.6 Å². The summed E-state index contributed by atoms with van der Waals surface area (Å²) in [6.45, 7) is 4.73. The molecule has 1 heteroatoms. The van der Waals surface area contributed by atoms with Gasteiger partial charge in [-0.25, -0.2) is 0 Å². The van der Waals surface area contributed by atoms with E-state index in [4.69, 9.17) is 0 Å². The van der Waals surface area contributed by atoms with Crippen LogP contribution in [0.15, 0.2) is 212 Å². The van der Waals surface area contributed by atoms with Crippen molar-refractivity contribution in [1.29, 1.82) is 0 Å². The molecule has 0 aromatic heterocycles. The van der Waals surface area contributed by atoms with E-state index in [1.165, 1.54) is 77.5 Å². The SMILES string of the molecule is CC1(C)c2ccccc2-c2cccc(-c3ccc(N(c4ccc(-c5ccc(-c6ccccc6)cc5)cc4)c4cccc(-c5cccc6ccccc56)c4)cc3)c21. The highest BCUT2D eigenvalue weighted by molar-refractivity contribution is 5.97. The first kappa shape index (κ1) is 33.6. The van der Waals surface area contributed by atoms with E-state index < -0.39 is 0 Å². The Bertz CT molecular complexity index is 2840. The molecule has 0 fully saturated rings. The Kier molecular flexibility index (Phi) is 8.23. The van der Waals surface area contributed by atoms with Crippen LogP contribution in [-0.2, 0) is 5.41 Å². The summed E-state index contributed by atoms with van der Waals surface area (Å²) >= 11 is 0. The Morgan fingerprint density at radius 1 is 0.321 bits per heavy atom. The molecular weight excluding hydrogens is 675 g/mol.